The van der Waals surface area contributed by atoms with Crippen LogP contribution in [0.15, 0.2) is 48.5 Å². The maximum atomic E-state index is 12.3. The molecule has 0 heterocycles. The summed E-state index contributed by atoms with van der Waals surface area (Å²) in [7, 11) is 3.41. The van der Waals surface area contributed by atoms with Crippen molar-refractivity contribution < 1.29 is 9.53 Å². The van der Waals surface area contributed by atoms with Gasteiger partial charge in [-0.1, -0.05) is 30.3 Å². The van der Waals surface area contributed by atoms with E-state index >= 15 is 0 Å². The highest BCUT2D eigenvalue weighted by Gasteiger charge is 2.12. The molecule has 19 heavy (non-hydrogen) atoms. The number of hydrogen-bond donors (Lipinski definition) is 1. The fourth-order valence-electron chi connectivity index (χ4n) is 1.98. The number of rotatable bonds is 5. The number of carbonyl (C=O) groups excluding carboxylic acids is 1. The van der Waals surface area contributed by atoms with Crippen molar-refractivity contribution in [2.45, 2.75) is 6.42 Å². The molecule has 0 bridgehead atoms. The van der Waals surface area contributed by atoms with Crippen LogP contribution in [0.25, 0.3) is 0 Å². The van der Waals surface area contributed by atoms with Crippen LogP contribution in [0.2, 0.25) is 0 Å². The Bertz CT molecular complexity index is 564. The number of Topliss-reactive ketones (excluding diaryl/α,β-unsaturated/α-hetero) is 1. The lowest BCUT2D eigenvalue weighted by Gasteiger charge is -2.10. The second kappa shape index (κ2) is 6.05. The Morgan fingerprint density at radius 1 is 1.16 bits per heavy atom. The Balaban J connectivity index is 2.24. The molecule has 0 aliphatic heterocycles. The molecule has 0 unspecified atom stereocenters. The van der Waals surface area contributed by atoms with Crippen molar-refractivity contribution in [1.29, 1.82) is 0 Å². The van der Waals surface area contributed by atoms with E-state index in [9.17, 15) is 4.79 Å². The fourth-order valence-corrected chi connectivity index (χ4v) is 1.98. The van der Waals surface area contributed by atoms with Gasteiger partial charge >= 0.3 is 0 Å². The molecule has 0 spiro atoms. The maximum Gasteiger partial charge on any atom is 0.169 e. The van der Waals surface area contributed by atoms with Crippen LogP contribution in [0.4, 0.5) is 5.69 Å². The van der Waals surface area contributed by atoms with E-state index in [0.29, 0.717) is 12.0 Å². The predicted octanol–water partition coefficient (Wildman–Crippen LogP) is 3.16. The first-order valence-corrected chi connectivity index (χ1v) is 6.17. The van der Waals surface area contributed by atoms with Crippen LogP contribution in [0.3, 0.4) is 0 Å². The van der Waals surface area contributed by atoms with Gasteiger partial charge < -0.3 is 10.1 Å². The minimum atomic E-state index is 0.0956. The molecule has 3 nitrogen and oxygen atoms in total. The first-order valence-electron chi connectivity index (χ1n) is 6.17. The topological polar surface area (TPSA) is 38.3 Å². The second-order valence-electron chi connectivity index (χ2n) is 4.25. The quantitative estimate of drug-likeness (QED) is 0.834. The molecule has 2 aromatic carbocycles. The number of anilines is 1. The number of methoxy groups -OCH3 is 1. The summed E-state index contributed by atoms with van der Waals surface area (Å²) in [5, 5.41) is 3.04. The van der Waals surface area contributed by atoms with Crippen LogP contribution in [-0.4, -0.2) is 19.9 Å². The summed E-state index contributed by atoms with van der Waals surface area (Å²) in [4.78, 5) is 12.3. The highest BCUT2D eigenvalue weighted by molar-refractivity contribution is 6.02. The van der Waals surface area contributed by atoms with Gasteiger partial charge in [-0.2, -0.15) is 0 Å². The van der Waals surface area contributed by atoms with Crippen LogP contribution >= 0.6 is 0 Å². The normalized spacial score (nSPS) is 10.0. The van der Waals surface area contributed by atoms with Crippen LogP contribution in [0.5, 0.6) is 5.75 Å². The standard InChI is InChI=1S/C16H17NO2/c1-17-15-11-13(19-2)8-9-14(15)16(18)10-12-6-4-3-5-7-12/h3-9,11,17H,10H2,1-2H3. The fraction of sp³-hybridized carbons (Fsp3) is 0.188. The molecule has 0 aromatic heterocycles. The van der Waals surface area contributed by atoms with E-state index in [2.05, 4.69) is 5.32 Å². The summed E-state index contributed by atoms with van der Waals surface area (Å²) in [5.41, 5.74) is 2.50. The Morgan fingerprint density at radius 3 is 2.53 bits per heavy atom. The predicted molar refractivity (Wildman–Crippen MR) is 77.0 cm³/mol. The van der Waals surface area contributed by atoms with Crippen molar-refractivity contribution in [2.75, 3.05) is 19.5 Å². The van der Waals surface area contributed by atoms with E-state index in [1.165, 1.54) is 0 Å². The van der Waals surface area contributed by atoms with Crippen molar-refractivity contribution >= 4 is 11.5 Å². The van der Waals surface area contributed by atoms with E-state index in [-0.39, 0.29) is 5.78 Å². The van der Waals surface area contributed by atoms with Gasteiger partial charge in [-0.05, 0) is 17.7 Å². The van der Waals surface area contributed by atoms with Crippen molar-refractivity contribution in [1.82, 2.24) is 0 Å². The van der Waals surface area contributed by atoms with E-state index in [1.54, 1.807) is 26.3 Å². The molecule has 1 N–H and O–H groups in total. The highest BCUT2D eigenvalue weighted by atomic mass is 16.5. The number of benzene rings is 2. The number of hydrogen-bond acceptors (Lipinski definition) is 3. The molecule has 0 radical (unpaired) electrons. The molecule has 3 heteroatoms. The van der Waals surface area contributed by atoms with Crippen molar-refractivity contribution in [3.8, 4) is 5.75 Å². The summed E-state index contributed by atoms with van der Waals surface area (Å²) >= 11 is 0. The zero-order valence-corrected chi connectivity index (χ0v) is 11.1. The summed E-state index contributed by atoms with van der Waals surface area (Å²) in [6.07, 6.45) is 0.405. The van der Waals surface area contributed by atoms with Crippen LogP contribution in [0.1, 0.15) is 15.9 Å². The Labute approximate surface area is 113 Å². The third kappa shape index (κ3) is 3.13. The first-order chi connectivity index (χ1) is 9.24. The number of ether oxygens (including phenoxy) is 1. The van der Waals surface area contributed by atoms with Crippen LogP contribution in [-0.2, 0) is 6.42 Å². The van der Waals surface area contributed by atoms with Gasteiger partial charge in [-0.15, -0.1) is 0 Å². The average Bonchev–Trinajstić information content (AvgIpc) is 2.47. The molecule has 0 aliphatic rings. The third-order valence-electron chi connectivity index (χ3n) is 3.00. The first kappa shape index (κ1) is 13.1. The average molecular weight is 255 g/mol. The molecule has 2 aromatic rings. The minimum Gasteiger partial charge on any atom is -0.497 e. The minimum absolute atomic E-state index is 0.0956. The number of nitrogens with one attached hydrogen (secondary N) is 1. The SMILES string of the molecule is CNc1cc(OC)ccc1C(=O)Cc1ccccc1. The highest BCUT2D eigenvalue weighted by Crippen LogP contribution is 2.23. The number of carbonyl (C=O) groups is 1. The van der Waals surface area contributed by atoms with E-state index in [1.807, 2.05) is 36.4 Å². The van der Waals surface area contributed by atoms with Gasteiger partial charge in [-0.25, -0.2) is 0 Å². The summed E-state index contributed by atoms with van der Waals surface area (Å²) < 4.78 is 5.16. The molecule has 0 aliphatic carbocycles. The molecule has 2 rings (SSSR count). The molecule has 98 valence electrons. The zero-order valence-electron chi connectivity index (χ0n) is 11.1. The van der Waals surface area contributed by atoms with Crippen LogP contribution < -0.4 is 10.1 Å². The lowest BCUT2D eigenvalue weighted by atomic mass is 10.0. The molecular formula is C16H17NO2. The van der Waals surface area contributed by atoms with E-state index in [0.717, 1.165) is 17.0 Å². The zero-order chi connectivity index (χ0) is 13.7. The van der Waals surface area contributed by atoms with Gasteiger partial charge in [-0.3, -0.25) is 4.79 Å². The molecule has 0 fully saturated rings. The van der Waals surface area contributed by atoms with Crippen molar-refractivity contribution in [2.24, 2.45) is 0 Å². The molecule has 0 saturated carbocycles. The monoisotopic (exact) mass is 255 g/mol. The van der Waals surface area contributed by atoms with Gasteiger partial charge in [0.05, 0.1) is 7.11 Å². The lowest BCUT2D eigenvalue weighted by Crippen LogP contribution is -2.07. The molecule has 0 atom stereocenters. The smallest absolute Gasteiger partial charge is 0.169 e. The Hall–Kier alpha value is -2.29. The van der Waals surface area contributed by atoms with Crippen molar-refractivity contribution in [3.63, 3.8) is 0 Å². The molecule has 0 amide bonds. The summed E-state index contributed by atoms with van der Waals surface area (Å²) in [6, 6.07) is 15.2. The van der Waals surface area contributed by atoms with Gasteiger partial charge in [0, 0.05) is 30.8 Å². The Kier molecular flexibility index (Phi) is 4.18. The van der Waals surface area contributed by atoms with E-state index in [4.69, 9.17) is 4.74 Å². The van der Waals surface area contributed by atoms with Gasteiger partial charge in [0.15, 0.2) is 5.78 Å². The second-order valence-corrected chi connectivity index (χ2v) is 4.25. The molecule has 0 saturated heterocycles. The largest absolute Gasteiger partial charge is 0.497 e. The Morgan fingerprint density at radius 2 is 1.89 bits per heavy atom. The van der Waals surface area contributed by atoms with Crippen LogP contribution in [0, 0.1) is 0 Å². The number of ketones is 1. The maximum absolute atomic E-state index is 12.3. The lowest BCUT2D eigenvalue weighted by molar-refractivity contribution is 0.0993. The van der Waals surface area contributed by atoms with E-state index < -0.39 is 0 Å². The third-order valence-corrected chi connectivity index (χ3v) is 3.00. The van der Waals surface area contributed by atoms with Crippen molar-refractivity contribution in [3.05, 3.63) is 59.7 Å². The van der Waals surface area contributed by atoms with Gasteiger partial charge in [0.25, 0.3) is 0 Å². The summed E-state index contributed by atoms with van der Waals surface area (Å²) in [6.45, 7) is 0. The summed E-state index contributed by atoms with van der Waals surface area (Å²) in [5.74, 6) is 0.832. The van der Waals surface area contributed by atoms with Gasteiger partial charge in [0.1, 0.15) is 5.75 Å². The molecular weight excluding hydrogens is 238 g/mol. The van der Waals surface area contributed by atoms with Gasteiger partial charge in [0.2, 0.25) is 0 Å².